The fourth-order valence-corrected chi connectivity index (χ4v) is 1.81. The average Bonchev–Trinajstić information content (AvgIpc) is 2.43. The Morgan fingerprint density at radius 3 is 2.84 bits per heavy atom. The van der Waals surface area contributed by atoms with E-state index in [1.165, 1.54) is 20.0 Å². The summed E-state index contributed by atoms with van der Waals surface area (Å²) in [5.74, 6) is -0.356. The van der Waals surface area contributed by atoms with Gasteiger partial charge in [-0.15, -0.1) is 0 Å². The number of rotatable bonds is 6. The van der Waals surface area contributed by atoms with Gasteiger partial charge in [-0.05, 0) is 36.8 Å². The maximum atomic E-state index is 11.4. The van der Waals surface area contributed by atoms with Crippen molar-refractivity contribution in [2.24, 2.45) is 0 Å². The predicted molar refractivity (Wildman–Crippen MR) is 81.5 cm³/mol. The SMILES string of the molecule is CCCCCNC(=S)Nc1cccc(C(=O)OC)c1. The number of ether oxygens (including phenoxy) is 1. The minimum absolute atomic E-state index is 0.356. The Labute approximate surface area is 119 Å². The van der Waals surface area contributed by atoms with Crippen LogP contribution >= 0.6 is 12.2 Å². The fraction of sp³-hybridized carbons (Fsp3) is 0.429. The second-order valence-electron chi connectivity index (χ2n) is 4.16. The normalized spacial score (nSPS) is 9.79. The van der Waals surface area contributed by atoms with E-state index in [-0.39, 0.29) is 5.97 Å². The Bertz CT molecular complexity index is 435. The molecule has 19 heavy (non-hydrogen) atoms. The van der Waals surface area contributed by atoms with Crippen molar-refractivity contribution in [2.75, 3.05) is 19.0 Å². The molecule has 0 fully saturated rings. The number of unbranched alkanes of at least 4 members (excludes halogenated alkanes) is 2. The van der Waals surface area contributed by atoms with Crippen molar-refractivity contribution in [3.63, 3.8) is 0 Å². The lowest BCUT2D eigenvalue weighted by Gasteiger charge is -2.11. The van der Waals surface area contributed by atoms with Gasteiger partial charge in [-0.3, -0.25) is 0 Å². The lowest BCUT2D eigenvalue weighted by molar-refractivity contribution is 0.0601. The summed E-state index contributed by atoms with van der Waals surface area (Å²) in [6.45, 7) is 3.02. The number of hydrogen-bond donors (Lipinski definition) is 2. The molecule has 0 aliphatic heterocycles. The number of carbonyl (C=O) groups excluding carboxylic acids is 1. The number of thiocarbonyl (C=S) groups is 1. The molecule has 0 saturated carbocycles. The maximum Gasteiger partial charge on any atom is 0.337 e. The molecule has 0 radical (unpaired) electrons. The highest BCUT2D eigenvalue weighted by Gasteiger charge is 2.06. The van der Waals surface area contributed by atoms with Crippen molar-refractivity contribution in [3.8, 4) is 0 Å². The van der Waals surface area contributed by atoms with Crippen LogP contribution in [0.1, 0.15) is 36.5 Å². The molecular formula is C14H20N2O2S. The van der Waals surface area contributed by atoms with Crippen LogP contribution in [0.2, 0.25) is 0 Å². The van der Waals surface area contributed by atoms with Crippen molar-refractivity contribution in [2.45, 2.75) is 26.2 Å². The topological polar surface area (TPSA) is 50.4 Å². The lowest BCUT2D eigenvalue weighted by atomic mass is 10.2. The number of methoxy groups -OCH3 is 1. The first kappa shape index (κ1) is 15.4. The van der Waals surface area contributed by atoms with Crippen LogP contribution in [0.15, 0.2) is 24.3 Å². The average molecular weight is 280 g/mol. The molecule has 0 heterocycles. The highest BCUT2D eigenvalue weighted by atomic mass is 32.1. The molecule has 5 heteroatoms. The highest BCUT2D eigenvalue weighted by molar-refractivity contribution is 7.80. The van der Waals surface area contributed by atoms with Gasteiger partial charge in [-0.2, -0.15) is 0 Å². The second kappa shape index (κ2) is 8.48. The predicted octanol–water partition coefficient (Wildman–Crippen LogP) is 2.95. The Morgan fingerprint density at radius 1 is 1.37 bits per heavy atom. The number of nitrogens with one attached hydrogen (secondary N) is 2. The van der Waals surface area contributed by atoms with E-state index < -0.39 is 0 Å². The molecule has 0 aromatic heterocycles. The number of carbonyl (C=O) groups is 1. The molecule has 1 aromatic rings. The van der Waals surface area contributed by atoms with E-state index in [1.807, 2.05) is 6.07 Å². The molecule has 0 amide bonds. The van der Waals surface area contributed by atoms with Gasteiger partial charge in [0.2, 0.25) is 0 Å². The molecule has 2 N–H and O–H groups in total. The van der Waals surface area contributed by atoms with Crippen LogP contribution in [0, 0.1) is 0 Å². The first-order valence-electron chi connectivity index (χ1n) is 6.40. The fourth-order valence-electron chi connectivity index (χ4n) is 1.59. The van der Waals surface area contributed by atoms with Crippen LogP contribution in [0.5, 0.6) is 0 Å². The standard InChI is InChI=1S/C14H20N2O2S/c1-3-4-5-9-15-14(19)16-12-8-6-7-11(10-12)13(17)18-2/h6-8,10H,3-5,9H2,1-2H3,(H2,15,16,19). The van der Waals surface area contributed by atoms with Crippen LogP contribution < -0.4 is 10.6 Å². The third kappa shape index (κ3) is 5.70. The van der Waals surface area contributed by atoms with Crippen LogP contribution in [0.25, 0.3) is 0 Å². The summed E-state index contributed by atoms with van der Waals surface area (Å²) in [5, 5.41) is 6.75. The third-order valence-corrected chi connectivity index (χ3v) is 2.85. The minimum atomic E-state index is -0.356. The molecule has 4 nitrogen and oxygen atoms in total. The summed E-state index contributed by atoms with van der Waals surface area (Å²) in [6, 6.07) is 7.06. The number of anilines is 1. The Hall–Kier alpha value is -1.62. The minimum Gasteiger partial charge on any atom is -0.465 e. The van der Waals surface area contributed by atoms with Crippen LogP contribution in [0.4, 0.5) is 5.69 Å². The first-order chi connectivity index (χ1) is 9.17. The number of hydrogen-bond acceptors (Lipinski definition) is 3. The summed E-state index contributed by atoms with van der Waals surface area (Å²) in [4.78, 5) is 11.4. The first-order valence-corrected chi connectivity index (χ1v) is 6.81. The largest absolute Gasteiger partial charge is 0.465 e. The second-order valence-corrected chi connectivity index (χ2v) is 4.57. The molecule has 0 unspecified atom stereocenters. The van der Waals surface area contributed by atoms with Gasteiger partial charge in [-0.1, -0.05) is 25.8 Å². The van der Waals surface area contributed by atoms with Crippen molar-refractivity contribution >= 4 is 29.0 Å². The Morgan fingerprint density at radius 2 is 2.16 bits per heavy atom. The van der Waals surface area contributed by atoms with E-state index in [0.717, 1.165) is 18.7 Å². The summed E-state index contributed by atoms with van der Waals surface area (Å²) < 4.78 is 4.67. The zero-order valence-electron chi connectivity index (χ0n) is 11.4. The Kier molecular flexibility index (Phi) is 6.89. The molecule has 1 aromatic carbocycles. The van der Waals surface area contributed by atoms with E-state index in [0.29, 0.717) is 10.7 Å². The smallest absolute Gasteiger partial charge is 0.337 e. The molecule has 0 aliphatic rings. The van der Waals surface area contributed by atoms with Gasteiger partial charge in [0, 0.05) is 12.2 Å². The summed E-state index contributed by atoms with van der Waals surface area (Å²) in [6.07, 6.45) is 3.47. The van der Waals surface area contributed by atoms with Crippen molar-refractivity contribution in [1.29, 1.82) is 0 Å². The maximum absolute atomic E-state index is 11.4. The van der Waals surface area contributed by atoms with Gasteiger partial charge >= 0.3 is 5.97 Å². The van der Waals surface area contributed by atoms with E-state index in [4.69, 9.17) is 12.2 Å². The molecular weight excluding hydrogens is 260 g/mol. The molecule has 0 bridgehead atoms. The van der Waals surface area contributed by atoms with E-state index in [1.54, 1.807) is 18.2 Å². The number of esters is 1. The molecule has 0 aliphatic carbocycles. The highest BCUT2D eigenvalue weighted by Crippen LogP contribution is 2.11. The third-order valence-electron chi connectivity index (χ3n) is 2.61. The van der Waals surface area contributed by atoms with Gasteiger partial charge in [0.1, 0.15) is 0 Å². The van der Waals surface area contributed by atoms with Gasteiger partial charge in [0.15, 0.2) is 5.11 Å². The Balaban J connectivity index is 2.48. The van der Waals surface area contributed by atoms with E-state index >= 15 is 0 Å². The quantitative estimate of drug-likeness (QED) is 0.477. The van der Waals surface area contributed by atoms with Crippen LogP contribution in [-0.2, 0) is 4.74 Å². The van der Waals surface area contributed by atoms with E-state index in [2.05, 4.69) is 22.3 Å². The van der Waals surface area contributed by atoms with Gasteiger partial charge < -0.3 is 15.4 Å². The molecule has 0 saturated heterocycles. The van der Waals surface area contributed by atoms with Crippen molar-refractivity contribution in [3.05, 3.63) is 29.8 Å². The van der Waals surface area contributed by atoms with E-state index in [9.17, 15) is 4.79 Å². The van der Waals surface area contributed by atoms with Crippen LogP contribution in [0.3, 0.4) is 0 Å². The summed E-state index contributed by atoms with van der Waals surface area (Å²) >= 11 is 5.18. The zero-order valence-corrected chi connectivity index (χ0v) is 12.2. The van der Waals surface area contributed by atoms with Gasteiger partial charge in [-0.25, -0.2) is 4.79 Å². The van der Waals surface area contributed by atoms with Crippen LogP contribution in [-0.4, -0.2) is 24.7 Å². The van der Waals surface area contributed by atoms with Crippen molar-refractivity contribution in [1.82, 2.24) is 5.32 Å². The molecule has 0 atom stereocenters. The monoisotopic (exact) mass is 280 g/mol. The van der Waals surface area contributed by atoms with Gasteiger partial charge in [0.25, 0.3) is 0 Å². The molecule has 104 valence electrons. The number of benzene rings is 1. The molecule has 0 spiro atoms. The molecule has 1 rings (SSSR count). The lowest BCUT2D eigenvalue weighted by Crippen LogP contribution is -2.29. The zero-order chi connectivity index (χ0) is 14.1. The summed E-state index contributed by atoms with van der Waals surface area (Å²) in [7, 11) is 1.36. The van der Waals surface area contributed by atoms with Crippen molar-refractivity contribution < 1.29 is 9.53 Å². The summed E-state index contributed by atoms with van der Waals surface area (Å²) in [5.41, 5.74) is 1.28. The van der Waals surface area contributed by atoms with Gasteiger partial charge in [0.05, 0.1) is 12.7 Å².